The number of hydrogen-bond donors (Lipinski definition) is 1. The second kappa shape index (κ2) is 7.70. The number of nitrogens with zero attached hydrogens (tertiary/aromatic N) is 3. The lowest BCUT2D eigenvalue weighted by Crippen LogP contribution is -2.19. The van der Waals surface area contributed by atoms with Gasteiger partial charge in [-0.15, -0.1) is 22.9 Å². The highest BCUT2D eigenvalue weighted by molar-refractivity contribution is 7.99. The van der Waals surface area contributed by atoms with Crippen LogP contribution in [0.25, 0.3) is 0 Å². The first-order valence-electron chi connectivity index (χ1n) is 8.26. The number of rotatable bonds is 5. The first-order chi connectivity index (χ1) is 12.8. The van der Waals surface area contributed by atoms with Crippen LogP contribution in [0.5, 0.6) is 0 Å². The molecule has 26 heavy (non-hydrogen) atoms. The van der Waals surface area contributed by atoms with E-state index in [0.717, 1.165) is 22.9 Å². The largest absolute Gasteiger partial charge is 0.340 e. The molecule has 2 heterocycles. The van der Waals surface area contributed by atoms with E-state index in [2.05, 4.69) is 69.8 Å². The molecular formula is C19H17ClN4S2. The number of nitrogens with one attached hydrogen (secondary N) is 1. The minimum Gasteiger partial charge on any atom is -0.340 e. The molecule has 0 saturated heterocycles. The molecule has 0 atom stereocenters. The fourth-order valence-electron chi connectivity index (χ4n) is 2.85. The van der Waals surface area contributed by atoms with Gasteiger partial charge in [0.2, 0.25) is 5.13 Å². The third-order valence-corrected chi connectivity index (χ3v) is 6.21. The zero-order valence-electron chi connectivity index (χ0n) is 14.1. The van der Waals surface area contributed by atoms with Gasteiger partial charge in [0.25, 0.3) is 0 Å². The second-order valence-corrected chi connectivity index (χ2v) is 7.90. The van der Waals surface area contributed by atoms with Crippen LogP contribution in [0.1, 0.15) is 18.2 Å². The maximum Gasteiger partial charge on any atom is 0.203 e. The summed E-state index contributed by atoms with van der Waals surface area (Å²) in [6.45, 7) is 3.12. The summed E-state index contributed by atoms with van der Waals surface area (Å²) in [7, 11) is 0. The van der Waals surface area contributed by atoms with Crippen molar-refractivity contribution in [2.75, 3.05) is 16.9 Å². The molecule has 0 bridgehead atoms. The summed E-state index contributed by atoms with van der Waals surface area (Å²) in [5.74, 6) is 0.416. The third-order valence-electron chi connectivity index (χ3n) is 4.03. The van der Waals surface area contributed by atoms with Gasteiger partial charge in [-0.1, -0.05) is 30.0 Å². The molecule has 132 valence electrons. The molecule has 4 rings (SSSR count). The van der Waals surface area contributed by atoms with Crippen LogP contribution in [-0.2, 0) is 5.88 Å². The molecule has 4 nitrogen and oxygen atoms in total. The van der Waals surface area contributed by atoms with E-state index >= 15 is 0 Å². The second-order valence-electron chi connectivity index (χ2n) is 5.69. The average Bonchev–Trinajstić information content (AvgIpc) is 3.14. The summed E-state index contributed by atoms with van der Waals surface area (Å²) >= 11 is 9.07. The normalized spacial score (nSPS) is 12.9. The Hall–Kier alpha value is -2.02. The molecule has 0 radical (unpaired) electrons. The minimum absolute atomic E-state index is 0.416. The van der Waals surface area contributed by atoms with Gasteiger partial charge >= 0.3 is 0 Å². The van der Waals surface area contributed by atoms with Gasteiger partial charge < -0.3 is 4.90 Å². The Labute approximate surface area is 165 Å². The maximum absolute atomic E-state index is 5.77. The summed E-state index contributed by atoms with van der Waals surface area (Å²) in [6, 6.07) is 15.0. The number of aromatic nitrogens is 1. The summed E-state index contributed by atoms with van der Waals surface area (Å²) in [5.41, 5.74) is 7.39. The van der Waals surface area contributed by atoms with E-state index in [4.69, 9.17) is 11.6 Å². The Morgan fingerprint density at radius 2 is 2.04 bits per heavy atom. The molecular weight excluding hydrogens is 384 g/mol. The fraction of sp³-hybridized carbons (Fsp3) is 0.158. The lowest BCUT2D eigenvalue weighted by Gasteiger charge is -2.31. The zero-order valence-corrected chi connectivity index (χ0v) is 16.5. The number of alkyl halides is 1. The quantitative estimate of drug-likeness (QED) is 0.326. The predicted octanol–water partition coefficient (Wildman–Crippen LogP) is 5.95. The zero-order chi connectivity index (χ0) is 17.9. The molecule has 0 unspecified atom stereocenters. The van der Waals surface area contributed by atoms with Gasteiger partial charge in [-0.2, -0.15) is 5.10 Å². The van der Waals surface area contributed by atoms with Crippen LogP contribution in [0.3, 0.4) is 0 Å². The van der Waals surface area contributed by atoms with Crippen molar-refractivity contribution in [3.05, 3.63) is 59.1 Å². The van der Waals surface area contributed by atoms with Crippen LogP contribution < -0.4 is 10.3 Å². The van der Waals surface area contributed by atoms with Crippen molar-refractivity contribution < 1.29 is 0 Å². The first-order valence-corrected chi connectivity index (χ1v) is 10.5. The number of hydrogen-bond acceptors (Lipinski definition) is 6. The van der Waals surface area contributed by atoms with Crippen molar-refractivity contribution in [2.24, 2.45) is 5.10 Å². The molecule has 0 fully saturated rings. The standard InChI is InChI=1S/C19H17ClN4S2/c1-2-24-15-5-3-4-6-17(15)26-18-9-13(7-8-16(18)24)11-21-23-19-22-14(10-20)12-25-19/h3-9,11-12H,2,10H2,1H3,(H,22,23)/b21-11+. The summed E-state index contributed by atoms with van der Waals surface area (Å²) in [4.78, 5) is 9.20. The molecule has 1 aliphatic heterocycles. The Kier molecular flexibility index (Phi) is 5.15. The molecule has 7 heteroatoms. The Morgan fingerprint density at radius 1 is 1.19 bits per heavy atom. The number of benzene rings is 2. The molecule has 0 saturated carbocycles. The van der Waals surface area contributed by atoms with E-state index < -0.39 is 0 Å². The molecule has 2 aromatic carbocycles. The smallest absolute Gasteiger partial charge is 0.203 e. The van der Waals surface area contributed by atoms with Gasteiger partial charge in [0.1, 0.15) is 0 Å². The van der Waals surface area contributed by atoms with Gasteiger partial charge in [0.05, 0.1) is 29.2 Å². The van der Waals surface area contributed by atoms with Gasteiger partial charge in [-0.25, -0.2) is 4.98 Å². The van der Waals surface area contributed by atoms with Crippen LogP contribution >= 0.6 is 34.7 Å². The minimum atomic E-state index is 0.416. The van der Waals surface area contributed by atoms with E-state index in [-0.39, 0.29) is 0 Å². The van der Waals surface area contributed by atoms with Crippen LogP contribution in [-0.4, -0.2) is 17.7 Å². The molecule has 0 spiro atoms. The average molecular weight is 401 g/mol. The summed E-state index contributed by atoms with van der Waals surface area (Å²) < 4.78 is 0. The number of fused-ring (bicyclic) bond motifs is 2. The van der Waals surface area contributed by atoms with Gasteiger partial charge in [-0.3, -0.25) is 5.43 Å². The van der Waals surface area contributed by atoms with Gasteiger partial charge in [0.15, 0.2) is 0 Å². The fourth-order valence-corrected chi connectivity index (χ4v) is 4.88. The number of hydrazone groups is 1. The highest BCUT2D eigenvalue weighted by Gasteiger charge is 2.21. The number of anilines is 3. The summed E-state index contributed by atoms with van der Waals surface area (Å²) in [5, 5.41) is 6.97. The highest BCUT2D eigenvalue weighted by atomic mass is 35.5. The molecule has 0 aliphatic carbocycles. The van der Waals surface area contributed by atoms with Crippen molar-refractivity contribution >= 4 is 57.4 Å². The monoisotopic (exact) mass is 400 g/mol. The Morgan fingerprint density at radius 3 is 2.85 bits per heavy atom. The SMILES string of the molecule is CCN1c2ccccc2Sc2cc(/C=N/Nc3nc(CCl)cs3)ccc21. The van der Waals surface area contributed by atoms with Crippen molar-refractivity contribution in [2.45, 2.75) is 22.6 Å². The molecule has 1 aromatic heterocycles. The van der Waals surface area contributed by atoms with Crippen molar-refractivity contribution in [1.29, 1.82) is 0 Å². The maximum atomic E-state index is 5.77. The third kappa shape index (κ3) is 3.45. The van der Waals surface area contributed by atoms with Crippen LogP contribution in [0.15, 0.2) is 62.7 Å². The number of halogens is 1. The number of thiazole rings is 1. The lowest BCUT2D eigenvalue weighted by atomic mass is 10.1. The lowest BCUT2D eigenvalue weighted by molar-refractivity contribution is 0.979. The number of para-hydroxylation sites is 1. The van der Waals surface area contributed by atoms with Crippen molar-refractivity contribution in [1.82, 2.24) is 4.98 Å². The topological polar surface area (TPSA) is 40.5 Å². The molecule has 3 aromatic rings. The molecule has 1 N–H and O–H groups in total. The molecule has 1 aliphatic rings. The first kappa shape index (κ1) is 17.4. The van der Waals surface area contributed by atoms with E-state index in [9.17, 15) is 0 Å². The van der Waals surface area contributed by atoms with E-state index in [0.29, 0.717) is 5.88 Å². The Bertz CT molecular complexity index is 954. The van der Waals surface area contributed by atoms with Crippen LogP contribution in [0, 0.1) is 0 Å². The van der Waals surface area contributed by atoms with Crippen molar-refractivity contribution in [3.63, 3.8) is 0 Å². The molecule has 0 amide bonds. The summed E-state index contributed by atoms with van der Waals surface area (Å²) in [6.07, 6.45) is 1.82. The van der Waals surface area contributed by atoms with E-state index in [1.807, 2.05) is 11.6 Å². The van der Waals surface area contributed by atoms with Crippen LogP contribution in [0.4, 0.5) is 16.5 Å². The van der Waals surface area contributed by atoms with E-state index in [1.165, 1.54) is 32.5 Å². The highest BCUT2D eigenvalue weighted by Crippen LogP contribution is 2.47. The predicted molar refractivity (Wildman–Crippen MR) is 113 cm³/mol. The van der Waals surface area contributed by atoms with Crippen LogP contribution in [0.2, 0.25) is 0 Å². The van der Waals surface area contributed by atoms with Gasteiger partial charge in [-0.05, 0) is 36.8 Å². The van der Waals surface area contributed by atoms with Gasteiger partial charge in [0, 0.05) is 21.7 Å². The van der Waals surface area contributed by atoms with E-state index in [1.54, 1.807) is 11.8 Å². The Balaban J connectivity index is 1.55. The van der Waals surface area contributed by atoms with Crippen molar-refractivity contribution in [3.8, 4) is 0 Å².